The number of cyclic esters (lactones) is 1. The number of thioether (sulfide) groups is 1. The minimum absolute atomic E-state index is 0.106. The molecule has 1 aromatic rings. The molecular weight excluding hydrogens is 354 g/mol. The third-order valence-corrected chi connectivity index (χ3v) is 5.16. The third-order valence-electron chi connectivity index (χ3n) is 3.02. The Balaban J connectivity index is 1.82. The van der Waals surface area contributed by atoms with Crippen molar-refractivity contribution in [3.63, 3.8) is 0 Å². The van der Waals surface area contributed by atoms with Gasteiger partial charge >= 0.3 is 16.1 Å². The van der Waals surface area contributed by atoms with Gasteiger partial charge in [0.15, 0.2) is 0 Å². The largest absolute Gasteiger partial charge is 0.490 e. The molecule has 1 atom stereocenters. The number of carbonyl (C=O) groups is 1. The number of unbranched alkanes of at least 4 members (excludes halogenated alkanes) is 1. The molecule has 1 fully saturated rings. The fraction of sp³-hybridized carbons (Fsp3) is 0.467. The van der Waals surface area contributed by atoms with E-state index in [-0.39, 0.29) is 17.4 Å². The molecule has 0 amide bonds. The van der Waals surface area contributed by atoms with Crippen LogP contribution >= 0.6 is 11.8 Å². The lowest BCUT2D eigenvalue weighted by Gasteiger charge is -2.22. The molecule has 0 aromatic heterocycles. The van der Waals surface area contributed by atoms with Gasteiger partial charge in [-0.3, -0.25) is 4.28 Å². The Hall–Kier alpha value is -1.74. The number of para-hydroxylation sites is 1. The number of hydrogen-bond donors (Lipinski definition) is 0. The highest BCUT2D eigenvalue weighted by molar-refractivity contribution is 8.15. The molecule has 1 aliphatic rings. The maximum Gasteiger partial charge on any atom is 0.367 e. The quantitative estimate of drug-likeness (QED) is 0.509. The smallest absolute Gasteiger partial charge is 0.367 e. The summed E-state index contributed by atoms with van der Waals surface area (Å²) in [5, 5.41) is 3.31. The van der Waals surface area contributed by atoms with Crippen molar-refractivity contribution in [2.24, 2.45) is 5.16 Å². The van der Waals surface area contributed by atoms with E-state index >= 15 is 0 Å². The van der Waals surface area contributed by atoms with Crippen molar-refractivity contribution < 1.29 is 27.0 Å². The van der Waals surface area contributed by atoms with Crippen LogP contribution in [0.5, 0.6) is 5.75 Å². The zero-order chi connectivity index (χ0) is 17.4. The zero-order valence-corrected chi connectivity index (χ0v) is 14.8. The molecule has 0 aliphatic carbocycles. The van der Waals surface area contributed by atoms with E-state index in [1.807, 2.05) is 25.1 Å². The Morgan fingerprint density at radius 2 is 2.08 bits per heavy atom. The van der Waals surface area contributed by atoms with Crippen LogP contribution < -0.4 is 4.74 Å². The normalized spacial score (nSPS) is 19.8. The van der Waals surface area contributed by atoms with Crippen molar-refractivity contribution in [2.75, 3.05) is 18.1 Å². The number of esters is 1. The van der Waals surface area contributed by atoms with Crippen LogP contribution in [0, 0.1) is 0 Å². The van der Waals surface area contributed by atoms with Crippen molar-refractivity contribution in [2.45, 2.75) is 25.9 Å². The zero-order valence-electron chi connectivity index (χ0n) is 13.2. The van der Waals surface area contributed by atoms with E-state index in [0.29, 0.717) is 17.9 Å². The van der Waals surface area contributed by atoms with E-state index in [1.165, 1.54) is 0 Å². The summed E-state index contributed by atoms with van der Waals surface area (Å²) in [5.74, 6) is 0.255. The highest BCUT2D eigenvalue weighted by Gasteiger charge is 2.29. The van der Waals surface area contributed by atoms with Crippen molar-refractivity contribution in [3.8, 4) is 5.75 Å². The van der Waals surface area contributed by atoms with Crippen LogP contribution in [0.1, 0.15) is 19.8 Å². The Morgan fingerprint density at radius 1 is 1.33 bits per heavy atom. The van der Waals surface area contributed by atoms with E-state index < -0.39 is 22.2 Å². The Labute approximate surface area is 145 Å². The molecule has 0 spiro atoms. The van der Waals surface area contributed by atoms with E-state index in [0.717, 1.165) is 18.2 Å². The summed E-state index contributed by atoms with van der Waals surface area (Å²) >= 11 is 1.09. The molecule has 0 bridgehead atoms. The van der Waals surface area contributed by atoms with Crippen LogP contribution in [0.4, 0.5) is 0 Å². The lowest BCUT2D eigenvalue weighted by Crippen LogP contribution is -2.35. The van der Waals surface area contributed by atoms with Gasteiger partial charge in [0.2, 0.25) is 5.04 Å². The molecule has 0 N–H and O–H groups in total. The molecular formula is C15H19NO6S2. The van der Waals surface area contributed by atoms with Gasteiger partial charge in [0.05, 0.1) is 5.75 Å². The second kappa shape index (κ2) is 8.93. The fourth-order valence-electron chi connectivity index (χ4n) is 1.77. The first-order chi connectivity index (χ1) is 11.5. The van der Waals surface area contributed by atoms with Crippen LogP contribution in [-0.2, 0) is 23.9 Å². The first-order valence-electron chi connectivity index (χ1n) is 7.51. The number of ether oxygens (including phenoxy) is 2. The number of benzene rings is 1. The first-order valence-corrected chi connectivity index (χ1v) is 10.1. The number of rotatable bonds is 8. The number of hydrogen-bond acceptors (Lipinski definition) is 8. The molecule has 132 valence electrons. The van der Waals surface area contributed by atoms with Crippen LogP contribution in [-0.4, -0.2) is 43.6 Å². The topological polar surface area (TPSA) is 91.3 Å². The second-order valence-electron chi connectivity index (χ2n) is 5.05. The summed E-state index contributed by atoms with van der Waals surface area (Å²) < 4.78 is 38.3. The molecule has 1 aromatic carbocycles. The highest BCUT2D eigenvalue weighted by atomic mass is 32.2. The molecule has 1 unspecified atom stereocenters. The molecule has 9 heteroatoms. The molecule has 1 aliphatic heterocycles. The maximum absolute atomic E-state index is 11.8. The number of nitrogens with zero attached hydrogens (tertiary/aromatic N) is 1. The molecule has 0 radical (unpaired) electrons. The minimum atomic E-state index is -3.76. The predicted molar refractivity (Wildman–Crippen MR) is 91.5 cm³/mol. The highest BCUT2D eigenvalue weighted by Crippen LogP contribution is 2.19. The maximum atomic E-state index is 11.8. The lowest BCUT2D eigenvalue weighted by atomic mass is 10.3. The van der Waals surface area contributed by atoms with Crippen LogP contribution in [0.25, 0.3) is 0 Å². The summed E-state index contributed by atoms with van der Waals surface area (Å²) in [5.41, 5.74) is 0. The summed E-state index contributed by atoms with van der Waals surface area (Å²) in [4.78, 5) is 11.8. The van der Waals surface area contributed by atoms with Crippen molar-refractivity contribution in [1.82, 2.24) is 0 Å². The van der Waals surface area contributed by atoms with E-state index in [9.17, 15) is 13.2 Å². The average Bonchev–Trinajstić information content (AvgIpc) is 2.58. The molecule has 7 nitrogen and oxygen atoms in total. The summed E-state index contributed by atoms with van der Waals surface area (Å²) in [6, 6.07) is 9.18. The van der Waals surface area contributed by atoms with Gasteiger partial charge in [-0.25, -0.2) is 4.79 Å². The summed E-state index contributed by atoms with van der Waals surface area (Å²) in [6.45, 7) is 2.08. The van der Waals surface area contributed by atoms with E-state index in [4.69, 9.17) is 9.47 Å². The average molecular weight is 373 g/mol. The Kier molecular flexibility index (Phi) is 6.92. The standard InChI is InChI=1S/C15H19NO6S2/c1-2-3-9-24(18,19)22-16-14-15(17)21-13(11-23-14)10-20-12-7-5-4-6-8-12/h4-8,13H,2-3,9-11H2,1H3/b16-14-. The summed E-state index contributed by atoms with van der Waals surface area (Å²) in [6.07, 6.45) is 0.765. The minimum Gasteiger partial charge on any atom is -0.490 e. The van der Waals surface area contributed by atoms with Crippen molar-refractivity contribution >= 4 is 32.9 Å². The second-order valence-corrected chi connectivity index (χ2v) is 7.73. The van der Waals surface area contributed by atoms with Crippen molar-refractivity contribution in [3.05, 3.63) is 30.3 Å². The Bertz CT molecular complexity index is 674. The first kappa shape index (κ1) is 18.6. The summed E-state index contributed by atoms with van der Waals surface area (Å²) in [7, 11) is -3.76. The molecule has 1 saturated heterocycles. The van der Waals surface area contributed by atoms with Gasteiger partial charge in [-0.05, 0) is 18.6 Å². The molecule has 1 heterocycles. The van der Waals surface area contributed by atoms with Gasteiger partial charge in [0, 0.05) is 5.75 Å². The number of oxime groups is 1. The van der Waals surface area contributed by atoms with Gasteiger partial charge < -0.3 is 9.47 Å². The SMILES string of the molecule is CCCCS(=O)(=O)O/N=C1\SCC(COc2ccccc2)OC1=O. The predicted octanol–water partition coefficient (Wildman–Crippen LogP) is 2.18. The fourth-order valence-corrected chi connectivity index (χ4v) is 3.48. The number of carbonyl (C=O) groups excluding carboxylic acids is 1. The van der Waals surface area contributed by atoms with E-state index in [1.54, 1.807) is 12.1 Å². The van der Waals surface area contributed by atoms with Gasteiger partial charge in [-0.2, -0.15) is 8.42 Å². The van der Waals surface area contributed by atoms with Crippen LogP contribution in [0.15, 0.2) is 35.5 Å². The van der Waals surface area contributed by atoms with Gasteiger partial charge in [-0.1, -0.05) is 48.5 Å². The molecule has 0 saturated carbocycles. The van der Waals surface area contributed by atoms with Crippen molar-refractivity contribution in [1.29, 1.82) is 0 Å². The molecule has 2 rings (SSSR count). The van der Waals surface area contributed by atoms with Crippen LogP contribution in [0.2, 0.25) is 0 Å². The van der Waals surface area contributed by atoms with Crippen LogP contribution in [0.3, 0.4) is 0 Å². The lowest BCUT2D eigenvalue weighted by molar-refractivity contribution is -0.141. The van der Waals surface area contributed by atoms with Gasteiger partial charge in [0.25, 0.3) is 0 Å². The Morgan fingerprint density at radius 3 is 2.75 bits per heavy atom. The molecule has 24 heavy (non-hydrogen) atoms. The monoisotopic (exact) mass is 373 g/mol. The van der Waals surface area contributed by atoms with E-state index in [2.05, 4.69) is 9.44 Å². The van der Waals surface area contributed by atoms with Gasteiger partial charge in [0.1, 0.15) is 18.5 Å². The van der Waals surface area contributed by atoms with Gasteiger partial charge in [-0.15, -0.1) is 0 Å². The third kappa shape index (κ3) is 6.04.